The van der Waals surface area contributed by atoms with E-state index >= 15 is 0 Å². The van der Waals surface area contributed by atoms with Crippen molar-refractivity contribution < 1.29 is 17.6 Å². The maximum absolute atomic E-state index is 13.6. The summed E-state index contributed by atoms with van der Waals surface area (Å²) in [6.45, 7) is 4.86. The van der Waals surface area contributed by atoms with Gasteiger partial charge in [-0.15, -0.1) is 0 Å². The zero-order valence-electron chi connectivity index (χ0n) is 10.8. The average Bonchev–Trinajstić information content (AvgIpc) is 2.25. The number of rotatable bonds is 5. The number of halogens is 2. The largest absolute Gasteiger partial charge is 0.294 e. The van der Waals surface area contributed by atoms with E-state index in [4.69, 9.17) is 11.6 Å². The number of sulfonamides is 1. The van der Waals surface area contributed by atoms with Crippen LogP contribution in [0.3, 0.4) is 0 Å². The number of carbonyl (C=O) groups is 1. The molecule has 0 atom stereocenters. The Hall–Kier alpha value is -0.980. The summed E-state index contributed by atoms with van der Waals surface area (Å²) in [7, 11) is -3.87. The lowest BCUT2D eigenvalue weighted by Crippen LogP contribution is -2.30. The Labute approximate surface area is 117 Å². The van der Waals surface area contributed by atoms with Crippen LogP contribution in [-0.4, -0.2) is 20.2 Å². The van der Waals surface area contributed by atoms with Crippen molar-refractivity contribution in [2.75, 3.05) is 0 Å². The van der Waals surface area contributed by atoms with Crippen LogP contribution in [0.2, 0.25) is 5.02 Å². The number of benzene rings is 1. The van der Waals surface area contributed by atoms with Gasteiger partial charge >= 0.3 is 0 Å². The molecule has 0 aromatic heterocycles. The van der Waals surface area contributed by atoms with Gasteiger partial charge in [-0.1, -0.05) is 18.5 Å². The Kier molecular flexibility index (Phi) is 5.06. The van der Waals surface area contributed by atoms with Gasteiger partial charge in [0.05, 0.1) is 10.6 Å². The van der Waals surface area contributed by atoms with Crippen molar-refractivity contribution in [3.05, 3.63) is 28.5 Å². The molecule has 0 bridgehead atoms. The van der Waals surface area contributed by atoms with E-state index in [9.17, 15) is 17.6 Å². The van der Waals surface area contributed by atoms with Gasteiger partial charge in [0.2, 0.25) is 10.0 Å². The fourth-order valence-electron chi connectivity index (χ4n) is 1.51. The Bertz CT molecular complexity index is 599. The molecule has 1 aromatic carbocycles. The van der Waals surface area contributed by atoms with Crippen molar-refractivity contribution in [3.8, 4) is 0 Å². The maximum Gasteiger partial charge on any atom is 0.242 e. The van der Waals surface area contributed by atoms with Gasteiger partial charge < -0.3 is 0 Å². The summed E-state index contributed by atoms with van der Waals surface area (Å²) >= 11 is 5.75. The SMILES string of the molecule is CCC(=O)c1cc(S(=O)(=O)NC(C)C)c(Cl)cc1F. The molecule has 0 radical (unpaired) electrons. The average molecular weight is 308 g/mol. The first-order valence-electron chi connectivity index (χ1n) is 5.73. The fraction of sp³-hybridized carbons (Fsp3) is 0.417. The third-order valence-electron chi connectivity index (χ3n) is 2.32. The maximum atomic E-state index is 13.6. The van der Waals surface area contributed by atoms with Crippen LogP contribution >= 0.6 is 11.6 Å². The van der Waals surface area contributed by atoms with Crippen LogP contribution in [0.1, 0.15) is 37.6 Å². The minimum atomic E-state index is -3.87. The lowest BCUT2D eigenvalue weighted by atomic mass is 10.1. The molecule has 0 aliphatic rings. The van der Waals surface area contributed by atoms with Crippen molar-refractivity contribution in [2.45, 2.75) is 38.1 Å². The lowest BCUT2D eigenvalue weighted by molar-refractivity contribution is 0.0984. The highest BCUT2D eigenvalue weighted by molar-refractivity contribution is 7.89. The lowest BCUT2D eigenvalue weighted by Gasteiger charge is -2.12. The van der Waals surface area contributed by atoms with Crippen molar-refractivity contribution >= 4 is 27.4 Å². The fourth-order valence-corrected chi connectivity index (χ4v) is 3.30. The molecule has 0 saturated heterocycles. The monoisotopic (exact) mass is 307 g/mol. The third kappa shape index (κ3) is 3.75. The van der Waals surface area contributed by atoms with E-state index in [1.54, 1.807) is 20.8 Å². The van der Waals surface area contributed by atoms with Crippen LogP contribution in [0.4, 0.5) is 4.39 Å². The van der Waals surface area contributed by atoms with E-state index in [1.165, 1.54) is 0 Å². The number of carbonyl (C=O) groups excluding carboxylic acids is 1. The predicted octanol–water partition coefficient (Wildman–Crippen LogP) is 2.76. The molecule has 1 N–H and O–H groups in total. The molecular formula is C12H15ClFNO3S. The smallest absolute Gasteiger partial charge is 0.242 e. The molecule has 0 aliphatic carbocycles. The molecular weight excluding hydrogens is 293 g/mol. The molecule has 0 unspecified atom stereocenters. The molecule has 0 heterocycles. The highest BCUT2D eigenvalue weighted by Crippen LogP contribution is 2.26. The van der Waals surface area contributed by atoms with Gasteiger partial charge in [0.25, 0.3) is 0 Å². The van der Waals surface area contributed by atoms with Gasteiger partial charge in [-0.25, -0.2) is 17.5 Å². The van der Waals surface area contributed by atoms with E-state index in [0.29, 0.717) is 0 Å². The minimum Gasteiger partial charge on any atom is -0.294 e. The molecule has 0 fully saturated rings. The molecule has 0 amide bonds. The summed E-state index contributed by atoms with van der Waals surface area (Å²) in [5.41, 5.74) is -0.268. The van der Waals surface area contributed by atoms with Crippen molar-refractivity contribution in [1.29, 1.82) is 0 Å². The van der Waals surface area contributed by atoms with Gasteiger partial charge in [-0.2, -0.15) is 0 Å². The zero-order valence-corrected chi connectivity index (χ0v) is 12.4. The normalized spacial score (nSPS) is 11.9. The van der Waals surface area contributed by atoms with Gasteiger partial charge in [-0.05, 0) is 26.0 Å². The Morgan fingerprint density at radius 1 is 1.42 bits per heavy atom. The highest BCUT2D eigenvalue weighted by atomic mass is 35.5. The number of nitrogens with one attached hydrogen (secondary N) is 1. The van der Waals surface area contributed by atoms with Crippen LogP contribution in [0.15, 0.2) is 17.0 Å². The summed E-state index contributed by atoms with van der Waals surface area (Å²) < 4.78 is 39.9. The predicted molar refractivity (Wildman–Crippen MR) is 71.5 cm³/mol. The molecule has 0 spiro atoms. The first-order chi connectivity index (χ1) is 8.69. The van der Waals surface area contributed by atoms with Crippen LogP contribution in [-0.2, 0) is 10.0 Å². The summed E-state index contributed by atoms with van der Waals surface area (Å²) in [6.07, 6.45) is 0.0790. The van der Waals surface area contributed by atoms with Crippen LogP contribution in [0, 0.1) is 5.82 Å². The summed E-state index contributed by atoms with van der Waals surface area (Å²) in [4.78, 5) is 11.3. The molecule has 1 aromatic rings. The summed E-state index contributed by atoms with van der Waals surface area (Å²) in [5.74, 6) is -1.30. The van der Waals surface area contributed by atoms with Crippen molar-refractivity contribution in [3.63, 3.8) is 0 Å². The second kappa shape index (κ2) is 5.98. The minimum absolute atomic E-state index is 0.0790. The van der Waals surface area contributed by atoms with Crippen molar-refractivity contribution in [2.24, 2.45) is 0 Å². The first-order valence-corrected chi connectivity index (χ1v) is 7.59. The molecule has 7 heteroatoms. The molecule has 0 aliphatic heterocycles. The molecule has 1 rings (SSSR count). The van der Waals surface area contributed by atoms with Crippen LogP contribution in [0.25, 0.3) is 0 Å². The van der Waals surface area contributed by atoms with E-state index < -0.39 is 21.6 Å². The van der Waals surface area contributed by atoms with Crippen LogP contribution < -0.4 is 4.72 Å². The van der Waals surface area contributed by atoms with E-state index in [1.807, 2.05) is 0 Å². The summed E-state index contributed by atoms with van der Waals surface area (Å²) in [5, 5.41) is -0.252. The number of ketones is 1. The van der Waals surface area contributed by atoms with Gasteiger partial charge in [0.15, 0.2) is 5.78 Å². The number of Topliss-reactive ketones (excluding diaryl/α,β-unsaturated/α-hetero) is 1. The quantitative estimate of drug-likeness (QED) is 0.851. The Balaban J connectivity index is 3.41. The molecule has 0 saturated carbocycles. The Morgan fingerprint density at radius 2 is 2.00 bits per heavy atom. The van der Waals surface area contributed by atoms with Crippen molar-refractivity contribution in [1.82, 2.24) is 4.72 Å². The molecule has 4 nitrogen and oxygen atoms in total. The van der Waals surface area contributed by atoms with E-state index in [-0.39, 0.29) is 27.9 Å². The highest BCUT2D eigenvalue weighted by Gasteiger charge is 2.23. The van der Waals surface area contributed by atoms with E-state index in [0.717, 1.165) is 12.1 Å². The van der Waals surface area contributed by atoms with E-state index in [2.05, 4.69) is 4.72 Å². The number of hydrogen-bond acceptors (Lipinski definition) is 3. The van der Waals surface area contributed by atoms with Crippen LogP contribution in [0.5, 0.6) is 0 Å². The standard InChI is InChI=1S/C12H15ClFNO3S/c1-4-11(16)8-5-12(9(13)6-10(8)14)19(17,18)15-7(2)3/h5-7,15H,4H2,1-3H3. The second-order valence-electron chi connectivity index (χ2n) is 4.32. The van der Waals surface area contributed by atoms with Gasteiger partial charge in [0, 0.05) is 12.5 Å². The molecule has 106 valence electrons. The van der Waals surface area contributed by atoms with Gasteiger partial charge in [-0.3, -0.25) is 4.79 Å². The molecule has 19 heavy (non-hydrogen) atoms. The summed E-state index contributed by atoms with van der Waals surface area (Å²) in [6, 6.07) is 1.49. The topological polar surface area (TPSA) is 63.2 Å². The zero-order chi connectivity index (χ0) is 14.8. The number of hydrogen-bond donors (Lipinski definition) is 1. The van der Waals surface area contributed by atoms with Gasteiger partial charge in [0.1, 0.15) is 10.7 Å². The first kappa shape index (κ1) is 16.1. The second-order valence-corrected chi connectivity index (χ2v) is 6.40. The Morgan fingerprint density at radius 3 is 2.47 bits per heavy atom. The third-order valence-corrected chi connectivity index (χ3v) is 4.45.